The van der Waals surface area contributed by atoms with Crippen LogP contribution in [0.1, 0.15) is 5.56 Å². The van der Waals surface area contributed by atoms with Gasteiger partial charge in [0.2, 0.25) is 11.6 Å². The minimum atomic E-state index is -2.01. The zero-order valence-electron chi connectivity index (χ0n) is 11.9. The van der Waals surface area contributed by atoms with Crippen LogP contribution in [0.25, 0.3) is 10.9 Å². The van der Waals surface area contributed by atoms with Crippen molar-refractivity contribution in [3.8, 4) is 0 Å². The molecule has 2 aromatic rings. The molecule has 0 radical (unpaired) electrons. The van der Waals surface area contributed by atoms with Crippen LogP contribution in [-0.2, 0) is 16.1 Å². The predicted molar refractivity (Wildman–Crippen MR) is 80.8 cm³/mol. The lowest BCUT2D eigenvalue weighted by Gasteiger charge is -2.42. The third kappa shape index (κ3) is 2.36. The van der Waals surface area contributed by atoms with E-state index in [4.69, 9.17) is 0 Å². The zero-order chi connectivity index (χ0) is 15.7. The molecule has 1 aromatic carbocycles. The van der Waals surface area contributed by atoms with Crippen LogP contribution in [0.5, 0.6) is 0 Å². The molecule has 6 heteroatoms. The monoisotopic (exact) mass is 301 g/mol. The highest BCUT2D eigenvalue weighted by Gasteiger charge is 2.51. The Morgan fingerprint density at radius 2 is 2.14 bits per heavy atom. The molecule has 2 N–H and O–H groups in total. The second kappa shape index (κ2) is 5.29. The first kappa shape index (κ1) is 14.3. The van der Waals surface area contributed by atoms with Crippen LogP contribution in [-0.4, -0.2) is 40.5 Å². The van der Waals surface area contributed by atoms with Crippen LogP contribution >= 0.6 is 0 Å². The van der Waals surface area contributed by atoms with Gasteiger partial charge >= 0.3 is 0 Å². The summed E-state index contributed by atoms with van der Waals surface area (Å²) in [7, 11) is 0. The average molecular weight is 301 g/mol. The first-order valence-corrected chi connectivity index (χ1v) is 6.97. The summed E-state index contributed by atoms with van der Waals surface area (Å²) >= 11 is 0. The molecule has 114 valence electrons. The van der Waals surface area contributed by atoms with Crippen molar-refractivity contribution in [3.05, 3.63) is 48.7 Å². The fraction of sp³-hybridized carbons (Fsp3) is 0.250. The highest BCUT2D eigenvalue weighted by molar-refractivity contribution is 5.93. The molecule has 1 aliphatic rings. The molecule has 2 amide bonds. The van der Waals surface area contributed by atoms with Crippen molar-refractivity contribution in [1.29, 1.82) is 0 Å². The van der Waals surface area contributed by atoms with Crippen molar-refractivity contribution < 1.29 is 14.0 Å². The molecule has 0 aliphatic carbocycles. The Morgan fingerprint density at radius 1 is 1.41 bits per heavy atom. The van der Waals surface area contributed by atoms with Crippen molar-refractivity contribution in [2.24, 2.45) is 0 Å². The van der Waals surface area contributed by atoms with Gasteiger partial charge in [0.1, 0.15) is 0 Å². The lowest BCUT2D eigenvalue weighted by Crippen LogP contribution is -2.67. The quantitative estimate of drug-likeness (QED) is 0.841. The number of aromatic nitrogens is 1. The second-order valence-corrected chi connectivity index (χ2v) is 5.41. The van der Waals surface area contributed by atoms with E-state index in [1.54, 1.807) is 6.20 Å². The van der Waals surface area contributed by atoms with E-state index in [1.165, 1.54) is 4.90 Å². The largest absolute Gasteiger partial charge is 0.361 e. The fourth-order valence-electron chi connectivity index (χ4n) is 2.60. The summed E-state index contributed by atoms with van der Waals surface area (Å²) in [6.07, 6.45) is 2.91. The van der Waals surface area contributed by atoms with E-state index in [2.05, 4.69) is 16.9 Å². The van der Waals surface area contributed by atoms with E-state index < -0.39 is 11.6 Å². The summed E-state index contributed by atoms with van der Waals surface area (Å²) in [4.78, 5) is 27.6. The van der Waals surface area contributed by atoms with E-state index in [-0.39, 0.29) is 25.5 Å². The van der Waals surface area contributed by atoms with Crippen LogP contribution in [0.3, 0.4) is 0 Å². The number of hydrogen-bond donors (Lipinski definition) is 2. The number of likely N-dealkylation sites (tertiary alicyclic amines) is 1. The molecule has 0 bridgehead atoms. The number of H-pyrrole nitrogens is 1. The highest BCUT2D eigenvalue weighted by atomic mass is 19.1. The number of nitrogens with zero attached hydrogens (tertiary/aromatic N) is 1. The standard InChI is InChI=1S/C16H16FN3O2/c1-2-14(21)20-9-16(17,10-20)15(22)19-8-11-7-18-13-6-4-3-5-12(11)13/h2-7,18H,1,8-10H2,(H,19,22). The molecule has 3 rings (SSSR count). The number of amides is 2. The van der Waals surface area contributed by atoms with Gasteiger partial charge in [-0.3, -0.25) is 9.59 Å². The lowest BCUT2D eigenvalue weighted by atomic mass is 9.95. The summed E-state index contributed by atoms with van der Waals surface area (Å²) in [5.74, 6) is -1.05. The summed E-state index contributed by atoms with van der Waals surface area (Å²) < 4.78 is 14.3. The molecule has 1 aliphatic heterocycles. The van der Waals surface area contributed by atoms with E-state index in [0.29, 0.717) is 0 Å². The van der Waals surface area contributed by atoms with Gasteiger partial charge in [0.25, 0.3) is 5.91 Å². The molecule has 0 unspecified atom stereocenters. The van der Waals surface area contributed by atoms with E-state index in [1.807, 2.05) is 24.3 Å². The van der Waals surface area contributed by atoms with Crippen molar-refractivity contribution >= 4 is 22.7 Å². The number of carbonyl (C=O) groups excluding carboxylic acids is 2. The smallest absolute Gasteiger partial charge is 0.261 e. The van der Waals surface area contributed by atoms with Crippen molar-refractivity contribution in [2.75, 3.05) is 13.1 Å². The summed E-state index contributed by atoms with van der Waals surface area (Å²) in [5.41, 5.74) is -0.149. The predicted octanol–water partition coefficient (Wildman–Crippen LogP) is 1.52. The van der Waals surface area contributed by atoms with Crippen molar-refractivity contribution in [3.63, 3.8) is 0 Å². The van der Waals surface area contributed by atoms with Crippen LogP contribution in [0.4, 0.5) is 4.39 Å². The molecular weight excluding hydrogens is 285 g/mol. The molecule has 22 heavy (non-hydrogen) atoms. The SMILES string of the molecule is C=CC(=O)N1CC(F)(C(=O)NCc2c[nH]c3ccccc23)C1. The Bertz CT molecular complexity index is 747. The topological polar surface area (TPSA) is 65.2 Å². The Hall–Kier alpha value is -2.63. The number of benzene rings is 1. The summed E-state index contributed by atoms with van der Waals surface area (Å²) in [6.45, 7) is 3.13. The molecule has 0 atom stereocenters. The lowest BCUT2D eigenvalue weighted by molar-refractivity contribution is -0.153. The second-order valence-electron chi connectivity index (χ2n) is 5.41. The normalized spacial score (nSPS) is 16.1. The number of aromatic amines is 1. The van der Waals surface area contributed by atoms with Crippen molar-refractivity contribution in [1.82, 2.24) is 15.2 Å². The number of carbonyl (C=O) groups is 2. The highest BCUT2D eigenvalue weighted by Crippen LogP contribution is 2.26. The maximum absolute atomic E-state index is 14.3. The number of fused-ring (bicyclic) bond motifs is 1. The van der Waals surface area contributed by atoms with Crippen molar-refractivity contribution in [2.45, 2.75) is 12.2 Å². The molecule has 0 saturated carbocycles. The number of halogens is 1. The van der Waals surface area contributed by atoms with Gasteiger partial charge in [0, 0.05) is 23.6 Å². The number of alkyl halides is 1. The van der Waals surface area contributed by atoms with Gasteiger partial charge in [-0.05, 0) is 17.7 Å². The van der Waals surface area contributed by atoms with Gasteiger partial charge < -0.3 is 15.2 Å². The fourth-order valence-corrected chi connectivity index (χ4v) is 2.60. The zero-order valence-corrected chi connectivity index (χ0v) is 11.9. The van der Waals surface area contributed by atoms with Gasteiger partial charge in [0.05, 0.1) is 13.1 Å². The van der Waals surface area contributed by atoms with Gasteiger partial charge in [-0.25, -0.2) is 4.39 Å². The Labute approximate surface area is 126 Å². The minimum Gasteiger partial charge on any atom is -0.361 e. The van der Waals surface area contributed by atoms with Gasteiger partial charge in [0.15, 0.2) is 0 Å². The number of nitrogens with one attached hydrogen (secondary N) is 2. The molecule has 1 aromatic heterocycles. The summed E-state index contributed by atoms with van der Waals surface area (Å²) in [5, 5.41) is 3.59. The van der Waals surface area contributed by atoms with Crippen LogP contribution < -0.4 is 5.32 Å². The van der Waals surface area contributed by atoms with Gasteiger partial charge in [-0.15, -0.1) is 0 Å². The Morgan fingerprint density at radius 3 is 2.86 bits per heavy atom. The Kier molecular flexibility index (Phi) is 3.44. The number of rotatable bonds is 4. The molecule has 0 spiro atoms. The third-order valence-electron chi connectivity index (χ3n) is 3.89. The van der Waals surface area contributed by atoms with E-state index in [0.717, 1.165) is 22.5 Å². The average Bonchev–Trinajstić information content (AvgIpc) is 2.92. The summed E-state index contributed by atoms with van der Waals surface area (Å²) in [6, 6.07) is 7.69. The number of para-hydroxylation sites is 1. The van der Waals surface area contributed by atoms with Crippen LogP contribution in [0.15, 0.2) is 43.1 Å². The first-order chi connectivity index (χ1) is 10.5. The van der Waals surface area contributed by atoms with Crippen LogP contribution in [0, 0.1) is 0 Å². The minimum absolute atomic E-state index is 0.225. The maximum atomic E-state index is 14.3. The molecule has 1 saturated heterocycles. The molecule has 5 nitrogen and oxygen atoms in total. The van der Waals surface area contributed by atoms with Crippen LogP contribution in [0.2, 0.25) is 0 Å². The maximum Gasteiger partial charge on any atom is 0.261 e. The molecule has 2 heterocycles. The van der Waals surface area contributed by atoms with E-state index in [9.17, 15) is 14.0 Å². The molecule has 1 fully saturated rings. The van der Waals surface area contributed by atoms with Gasteiger partial charge in [-0.2, -0.15) is 0 Å². The number of hydrogen-bond acceptors (Lipinski definition) is 2. The first-order valence-electron chi connectivity index (χ1n) is 6.97. The third-order valence-corrected chi connectivity index (χ3v) is 3.89. The Balaban J connectivity index is 1.61. The van der Waals surface area contributed by atoms with Gasteiger partial charge in [-0.1, -0.05) is 24.8 Å². The van der Waals surface area contributed by atoms with E-state index >= 15 is 0 Å². The molecular formula is C16H16FN3O2.